The second kappa shape index (κ2) is 4.67. The molecule has 1 saturated carbocycles. The van der Waals surface area contributed by atoms with E-state index in [4.69, 9.17) is 4.74 Å². The van der Waals surface area contributed by atoms with Crippen molar-refractivity contribution in [3.63, 3.8) is 0 Å². The van der Waals surface area contributed by atoms with Crippen molar-refractivity contribution in [3.05, 3.63) is 29.6 Å². The van der Waals surface area contributed by atoms with Crippen molar-refractivity contribution < 1.29 is 9.13 Å². The van der Waals surface area contributed by atoms with Crippen molar-refractivity contribution >= 4 is 0 Å². The monoisotopic (exact) mass is 236 g/mol. The fourth-order valence-electron chi connectivity index (χ4n) is 1.74. The van der Waals surface area contributed by atoms with Crippen LogP contribution >= 0.6 is 0 Å². The molecule has 0 unspecified atom stereocenters. The molecule has 0 heterocycles. The van der Waals surface area contributed by atoms with Gasteiger partial charge in [0.25, 0.3) is 0 Å². The lowest BCUT2D eigenvalue weighted by Crippen LogP contribution is -2.15. The second-order valence-corrected chi connectivity index (χ2v) is 5.64. The highest BCUT2D eigenvalue weighted by Crippen LogP contribution is 2.32. The van der Waals surface area contributed by atoms with Gasteiger partial charge >= 0.3 is 0 Å². The minimum atomic E-state index is -0.232. The van der Waals surface area contributed by atoms with E-state index >= 15 is 0 Å². The number of benzene rings is 1. The minimum Gasteiger partial charge on any atom is -0.490 e. The van der Waals surface area contributed by atoms with Gasteiger partial charge in [-0.2, -0.15) is 0 Å². The van der Waals surface area contributed by atoms with Crippen LogP contribution in [0.3, 0.4) is 0 Å². The Labute approximate surface area is 103 Å². The molecule has 0 amide bonds. The Morgan fingerprint density at radius 3 is 2.59 bits per heavy atom. The molecule has 2 rings (SSSR count). The van der Waals surface area contributed by atoms with E-state index in [9.17, 15) is 4.39 Å². The number of hydrogen-bond acceptors (Lipinski definition) is 1. The molecule has 1 fully saturated rings. The maximum Gasteiger partial charge on any atom is 0.165 e. The van der Waals surface area contributed by atoms with Crippen molar-refractivity contribution in [2.24, 2.45) is 5.92 Å². The van der Waals surface area contributed by atoms with Gasteiger partial charge in [-0.3, -0.25) is 0 Å². The number of rotatable bonds is 5. The molecule has 94 valence electrons. The van der Waals surface area contributed by atoms with Crippen LogP contribution in [-0.2, 0) is 5.41 Å². The molecule has 1 aliphatic carbocycles. The normalized spacial score (nSPS) is 16.0. The maximum absolute atomic E-state index is 13.9. The van der Waals surface area contributed by atoms with Crippen LogP contribution in [0.4, 0.5) is 4.39 Å². The fourth-order valence-corrected chi connectivity index (χ4v) is 1.74. The minimum absolute atomic E-state index is 0.0237. The van der Waals surface area contributed by atoms with Gasteiger partial charge < -0.3 is 4.74 Å². The molecule has 1 nitrogen and oxygen atoms in total. The standard InChI is InChI=1S/C15H21FO/c1-4-15(2,3)12-7-8-14(13(16)9-12)17-10-11-5-6-11/h7-9,11H,4-6,10H2,1-3H3. The molecule has 0 aromatic heterocycles. The highest BCUT2D eigenvalue weighted by molar-refractivity contribution is 5.33. The average molecular weight is 236 g/mol. The van der Waals surface area contributed by atoms with Crippen molar-refractivity contribution in [2.75, 3.05) is 6.61 Å². The Morgan fingerprint density at radius 1 is 1.35 bits per heavy atom. The van der Waals surface area contributed by atoms with Gasteiger partial charge in [-0.05, 0) is 48.3 Å². The predicted molar refractivity (Wildman–Crippen MR) is 67.9 cm³/mol. The molecular formula is C15H21FO. The van der Waals surface area contributed by atoms with Gasteiger partial charge in [-0.25, -0.2) is 4.39 Å². The summed E-state index contributed by atoms with van der Waals surface area (Å²) in [6.07, 6.45) is 3.44. The fraction of sp³-hybridized carbons (Fsp3) is 0.600. The van der Waals surface area contributed by atoms with Gasteiger partial charge in [0, 0.05) is 0 Å². The summed E-state index contributed by atoms with van der Waals surface area (Å²) in [7, 11) is 0. The topological polar surface area (TPSA) is 9.23 Å². The number of ether oxygens (including phenoxy) is 1. The van der Waals surface area contributed by atoms with Gasteiger partial charge in [-0.1, -0.05) is 26.8 Å². The quantitative estimate of drug-likeness (QED) is 0.740. The van der Waals surface area contributed by atoms with Crippen LogP contribution in [0, 0.1) is 11.7 Å². The summed E-state index contributed by atoms with van der Waals surface area (Å²) < 4.78 is 19.3. The molecular weight excluding hydrogens is 215 g/mol. The summed E-state index contributed by atoms with van der Waals surface area (Å²) in [6.45, 7) is 7.04. The van der Waals surface area contributed by atoms with Crippen LogP contribution in [-0.4, -0.2) is 6.61 Å². The van der Waals surface area contributed by atoms with Crippen LogP contribution in [0.5, 0.6) is 5.75 Å². The predicted octanol–water partition coefficient (Wildman–Crippen LogP) is 4.30. The van der Waals surface area contributed by atoms with E-state index in [2.05, 4.69) is 20.8 Å². The third-order valence-electron chi connectivity index (χ3n) is 3.77. The molecule has 0 N–H and O–H groups in total. The van der Waals surface area contributed by atoms with Crippen molar-refractivity contribution in [3.8, 4) is 5.75 Å². The summed E-state index contributed by atoms with van der Waals surface area (Å²) in [5, 5.41) is 0. The zero-order valence-corrected chi connectivity index (χ0v) is 10.9. The van der Waals surface area contributed by atoms with Crippen molar-refractivity contribution in [1.82, 2.24) is 0 Å². The van der Waals surface area contributed by atoms with E-state index in [1.54, 1.807) is 12.1 Å². The van der Waals surface area contributed by atoms with Gasteiger partial charge in [0.2, 0.25) is 0 Å². The van der Waals surface area contributed by atoms with Gasteiger partial charge in [0.05, 0.1) is 6.61 Å². The summed E-state index contributed by atoms with van der Waals surface area (Å²) in [5.74, 6) is 0.818. The molecule has 0 spiro atoms. The van der Waals surface area contributed by atoms with E-state index in [0.29, 0.717) is 18.3 Å². The summed E-state index contributed by atoms with van der Waals surface area (Å²) >= 11 is 0. The molecule has 0 bridgehead atoms. The zero-order valence-electron chi connectivity index (χ0n) is 10.9. The number of halogens is 1. The molecule has 0 saturated heterocycles. The molecule has 1 aromatic rings. The van der Waals surface area contributed by atoms with Crippen LogP contribution in [0.1, 0.15) is 45.6 Å². The highest BCUT2D eigenvalue weighted by atomic mass is 19.1. The third kappa shape index (κ3) is 2.99. The van der Waals surface area contributed by atoms with Crippen LogP contribution in [0.25, 0.3) is 0 Å². The SMILES string of the molecule is CCC(C)(C)c1ccc(OCC2CC2)c(F)c1. The van der Waals surface area contributed by atoms with E-state index in [1.165, 1.54) is 12.8 Å². The smallest absolute Gasteiger partial charge is 0.165 e. The molecule has 0 aliphatic heterocycles. The summed E-state index contributed by atoms with van der Waals surface area (Å²) in [4.78, 5) is 0. The first kappa shape index (κ1) is 12.4. The Balaban J connectivity index is 2.10. The molecule has 1 aliphatic rings. The molecule has 17 heavy (non-hydrogen) atoms. The Kier molecular flexibility index (Phi) is 3.41. The summed E-state index contributed by atoms with van der Waals surface area (Å²) in [6, 6.07) is 5.37. The van der Waals surface area contributed by atoms with Gasteiger partial charge in [0.15, 0.2) is 11.6 Å². The Bertz CT molecular complexity index is 394. The highest BCUT2D eigenvalue weighted by Gasteiger charge is 2.23. The Hall–Kier alpha value is -1.05. The van der Waals surface area contributed by atoms with Gasteiger partial charge in [-0.15, -0.1) is 0 Å². The van der Waals surface area contributed by atoms with Crippen molar-refractivity contribution in [1.29, 1.82) is 0 Å². The average Bonchev–Trinajstić information content (AvgIpc) is 3.11. The number of hydrogen-bond donors (Lipinski definition) is 0. The van der Waals surface area contributed by atoms with E-state index in [0.717, 1.165) is 12.0 Å². The summed E-state index contributed by atoms with van der Waals surface area (Å²) in [5.41, 5.74) is 1.06. The van der Waals surface area contributed by atoms with E-state index < -0.39 is 0 Å². The third-order valence-corrected chi connectivity index (χ3v) is 3.77. The maximum atomic E-state index is 13.9. The van der Waals surface area contributed by atoms with E-state index in [1.807, 2.05) is 6.07 Å². The first-order chi connectivity index (χ1) is 8.03. The lowest BCUT2D eigenvalue weighted by Gasteiger charge is -2.23. The Morgan fingerprint density at radius 2 is 2.06 bits per heavy atom. The van der Waals surface area contributed by atoms with Gasteiger partial charge in [0.1, 0.15) is 0 Å². The molecule has 0 atom stereocenters. The first-order valence-corrected chi connectivity index (χ1v) is 6.46. The lowest BCUT2D eigenvalue weighted by atomic mass is 9.82. The van der Waals surface area contributed by atoms with Crippen LogP contribution < -0.4 is 4.74 Å². The van der Waals surface area contributed by atoms with Crippen molar-refractivity contribution in [2.45, 2.75) is 45.4 Å². The largest absolute Gasteiger partial charge is 0.490 e. The molecule has 0 radical (unpaired) electrons. The van der Waals surface area contributed by atoms with E-state index in [-0.39, 0.29) is 11.2 Å². The van der Waals surface area contributed by atoms with Crippen LogP contribution in [0.15, 0.2) is 18.2 Å². The second-order valence-electron chi connectivity index (χ2n) is 5.64. The zero-order chi connectivity index (χ0) is 12.5. The van der Waals surface area contributed by atoms with Crippen LogP contribution in [0.2, 0.25) is 0 Å². The molecule has 1 aromatic carbocycles. The first-order valence-electron chi connectivity index (χ1n) is 6.46. The lowest BCUT2D eigenvalue weighted by molar-refractivity contribution is 0.285. The molecule has 2 heteroatoms.